The number of rotatable bonds is 4. The summed E-state index contributed by atoms with van der Waals surface area (Å²) in [4.78, 5) is 5.18. The van der Waals surface area contributed by atoms with E-state index < -0.39 is 0 Å². The monoisotopic (exact) mass is 722 g/mol. The third kappa shape index (κ3) is 4.68. The molecule has 0 saturated carbocycles. The smallest absolute Gasteiger partial charge is 0.0537 e. The standard InChI is InChI=1S/C54H46N2/c1-53(2)43-25-9-10-28-50(43)56-51-33-32-37(34-46(51)54(3,4)45-27-15-26-44(53)52(45)56)38-22-13-24-42-41(38)23-14-31-49(42)55(47-29-11-18-35-16-5-7-20-39(35)47)48-30-12-19-36-17-6-8-21-40(36)48/h5-23,25-26,28-34,42,45H,24,27H2,1-4H3. The molecule has 2 aliphatic heterocycles. The van der Waals surface area contributed by atoms with Crippen LogP contribution in [-0.2, 0) is 10.8 Å². The topological polar surface area (TPSA) is 6.48 Å². The number of fused-ring (bicyclic) bond motifs is 7. The lowest BCUT2D eigenvalue weighted by Gasteiger charge is -2.54. The lowest BCUT2D eigenvalue weighted by molar-refractivity contribution is 0.339. The zero-order chi connectivity index (χ0) is 37.8. The van der Waals surface area contributed by atoms with Gasteiger partial charge < -0.3 is 9.80 Å². The first-order valence-corrected chi connectivity index (χ1v) is 20.3. The predicted molar refractivity (Wildman–Crippen MR) is 237 cm³/mol. The van der Waals surface area contributed by atoms with Gasteiger partial charge in [0.25, 0.3) is 0 Å². The van der Waals surface area contributed by atoms with E-state index >= 15 is 0 Å². The lowest BCUT2D eigenvalue weighted by atomic mass is 9.60. The van der Waals surface area contributed by atoms with Crippen molar-refractivity contribution in [2.75, 3.05) is 9.80 Å². The van der Waals surface area contributed by atoms with Gasteiger partial charge in [0.05, 0.1) is 11.4 Å². The average Bonchev–Trinajstić information content (AvgIpc) is 3.23. The minimum absolute atomic E-state index is 0.0500. The second-order valence-corrected chi connectivity index (χ2v) is 17.3. The first-order valence-electron chi connectivity index (χ1n) is 20.3. The maximum absolute atomic E-state index is 2.62. The van der Waals surface area contributed by atoms with Crippen LogP contribution in [0.15, 0.2) is 192 Å². The Morgan fingerprint density at radius 1 is 0.607 bits per heavy atom. The van der Waals surface area contributed by atoms with Crippen molar-refractivity contribution in [1.82, 2.24) is 0 Å². The molecule has 0 aromatic heterocycles. The third-order valence-corrected chi connectivity index (χ3v) is 13.6. The molecule has 0 bridgehead atoms. The maximum atomic E-state index is 2.62. The number of benzene rings is 6. The minimum atomic E-state index is -0.0516. The summed E-state index contributed by atoms with van der Waals surface area (Å²) in [5.41, 5.74) is 16.1. The predicted octanol–water partition coefficient (Wildman–Crippen LogP) is 14.2. The molecule has 6 aromatic rings. The van der Waals surface area contributed by atoms with Gasteiger partial charge >= 0.3 is 0 Å². The molecule has 56 heavy (non-hydrogen) atoms. The van der Waals surface area contributed by atoms with Gasteiger partial charge in [0, 0.05) is 56.2 Å². The van der Waals surface area contributed by atoms with E-state index in [0.717, 1.165) is 12.8 Å². The summed E-state index contributed by atoms with van der Waals surface area (Å²) < 4.78 is 0. The van der Waals surface area contributed by atoms with Crippen LogP contribution in [0.2, 0.25) is 0 Å². The molecule has 0 N–H and O–H groups in total. The normalized spacial score (nSPS) is 21.1. The van der Waals surface area contributed by atoms with Crippen molar-refractivity contribution in [2.24, 2.45) is 11.8 Å². The van der Waals surface area contributed by atoms with Crippen LogP contribution >= 0.6 is 0 Å². The van der Waals surface area contributed by atoms with Gasteiger partial charge in [-0.15, -0.1) is 0 Å². The highest BCUT2D eigenvalue weighted by Crippen LogP contribution is 2.60. The van der Waals surface area contributed by atoms with Crippen molar-refractivity contribution in [3.8, 4) is 0 Å². The number of nitrogens with zero attached hydrogens (tertiary/aromatic N) is 2. The molecular formula is C54H46N2. The summed E-state index contributed by atoms with van der Waals surface area (Å²) in [7, 11) is 0. The van der Waals surface area contributed by atoms with Crippen LogP contribution < -0.4 is 9.80 Å². The number of para-hydroxylation sites is 1. The Bertz CT molecular complexity index is 2740. The van der Waals surface area contributed by atoms with Crippen LogP contribution in [-0.4, -0.2) is 0 Å². The van der Waals surface area contributed by atoms with E-state index in [1.54, 1.807) is 0 Å². The van der Waals surface area contributed by atoms with E-state index in [-0.39, 0.29) is 16.7 Å². The molecule has 2 atom stereocenters. The highest BCUT2D eigenvalue weighted by Gasteiger charge is 2.50. The van der Waals surface area contributed by atoms with E-state index in [2.05, 4.69) is 207 Å². The minimum Gasteiger partial charge on any atom is -0.313 e. The van der Waals surface area contributed by atoms with Crippen molar-refractivity contribution >= 4 is 49.9 Å². The first-order chi connectivity index (χ1) is 27.3. The Balaban J connectivity index is 1.08. The fourth-order valence-corrected chi connectivity index (χ4v) is 10.8. The van der Waals surface area contributed by atoms with Crippen molar-refractivity contribution in [3.63, 3.8) is 0 Å². The third-order valence-electron chi connectivity index (χ3n) is 13.6. The second-order valence-electron chi connectivity index (χ2n) is 17.3. The Morgan fingerprint density at radius 2 is 1.25 bits per heavy atom. The van der Waals surface area contributed by atoms with E-state index in [4.69, 9.17) is 0 Å². The Hall–Kier alpha value is -6.12. The van der Waals surface area contributed by atoms with Gasteiger partial charge in [0.2, 0.25) is 0 Å². The van der Waals surface area contributed by atoms with Crippen LogP contribution in [0.4, 0.5) is 22.7 Å². The van der Waals surface area contributed by atoms with Gasteiger partial charge in [-0.25, -0.2) is 0 Å². The zero-order valence-corrected chi connectivity index (χ0v) is 32.6. The molecule has 11 rings (SSSR count). The number of anilines is 4. The van der Waals surface area contributed by atoms with Gasteiger partial charge in [-0.05, 0) is 93.4 Å². The summed E-state index contributed by atoms with van der Waals surface area (Å²) in [5.74, 6) is 0.586. The first kappa shape index (κ1) is 33.2. The molecule has 0 amide bonds. The molecule has 272 valence electrons. The number of hydrogen-bond donors (Lipinski definition) is 0. The molecule has 3 aliphatic carbocycles. The van der Waals surface area contributed by atoms with Gasteiger partial charge in [0.15, 0.2) is 0 Å². The Kier molecular flexibility index (Phi) is 7.23. The molecule has 2 nitrogen and oxygen atoms in total. The largest absolute Gasteiger partial charge is 0.313 e. The summed E-state index contributed by atoms with van der Waals surface area (Å²) in [6.45, 7) is 9.79. The van der Waals surface area contributed by atoms with Crippen molar-refractivity contribution in [1.29, 1.82) is 0 Å². The second kappa shape index (κ2) is 12.2. The molecule has 6 aromatic carbocycles. The quantitative estimate of drug-likeness (QED) is 0.179. The molecule has 2 heterocycles. The fourth-order valence-electron chi connectivity index (χ4n) is 10.8. The maximum Gasteiger partial charge on any atom is 0.0537 e. The molecule has 0 saturated heterocycles. The van der Waals surface area contributed by atoms with Crippen LogP contribution in [0.3, 0.4) is 0 Å². The SMILES string of the molecule is CC1(C)C2=C3C(CC=C2)C(C)(C)c2cc(C4=C5C=CC=C(N(c6cccc7ccccc67)c6cccc7ccccc67)C5CC=C4)ccc2N3c2ccccc21. The summed E-state index contributed by atoms with van der Waals surface area (Å²) >= 11 is 0. The zero-order valence-electron chi connectivity index (χ0n) is 32.6. The molecule has 0 fully saturated rings. The van der Waals surface area contributed by atoms with Gasteiger partial charge in [-0.1, -0.05) is 161 Å². The van der Waals surface area contributed by atoms with Crippen LogP contribution in [0.5, 0.6) is 0 Å². The highest BCUT2D eigenvalue weighted by molar-refractivity contribution is 6.03. The van der Waals surface area contributed by atoms with E-state index in [0.29, 0.717) is 5.92 Å². The molecule has 0 radical (unpaired) electrons. The van der Waals surface area contributed by atoms with Crippen molar-refractivity contribution in [3.05, 3.63) is 209 Å². The molecule has 2 unspecified atom stereocenters. The number of allylic oxidation sites excluding steroid dienone is 11. The average molecular weight is 723 g/mol. The molecular weight excluding hydrogens is 677 g/mol. The lowest BCUT2D eigenvalue weighted by Crippen LogP contribution is -2.47. The Labute approximate surface area is 330 Å². The van der Waals surface area contributed by atoms with Gasteiger partial charge in [0.1, 0.15) is 0 Å². The van der Waals surface area contributed by atoms with Crippen molar-refractivity contribution in [2.45, 2.75) is 51.4 Å². The number of hydrogen-bond acceptors (Lipinski definition) is 2. The Morgan fingerprint density at radius 3 is 2.00 bits per heavy atom. The van der Waals surface area contributed by atoms with Crippen LogP contribution in [0.1, 0.15) is 57.2 Å². The summed E-state index contributed by atoms with van der Waals surface area (Å²) in [6, 6.07) is 47.5. The van der Waals surface area contributed by atoms with Crippen LogP contribution in [0, 0.1) is 11.8 Å². The molecule has 0 spiro atoms. The van der Waals surface area contributed by atoms with E-state index in [9.17, 15) is 0 Å². The summed E-state index contributed by atoms with van der Waals surface area (Å²) in [6.07, 6.45) is 18.7. The van der Waals surface area contributed by atoms with E-state index in [1.165, 1.54) is 89.1 Å². The van der Waals surface area contributed by atoms with E-state index in [1.807, 2.05) is 0 Å². The van der Waals surface area contributed by atoms with Crippen molar-refractivity contribution < 1.29 is 0 Å². The summed E-state index contributed by atoms with van der Waals surface area (Å²) in [5, 5.41) is 5.00. The molecule has 2 heteroatoms. The highest BCUT2D eigenvalue weighted by atomic mass is 15.2. The van der Waals surface area contributed by atoms with Gasteiger partial charge in [-0.2, -0.15) is 0 Å². The van der Waals surface area contributed by atoms with Gasteiger partial charge in [-0.3, -0.25) is 0 Å². The van der Waals surface area contributed by atoms with Crippen LogP contribution in [0.25, 0.3) is 27.1 Å². The fraction of sp³-hybridized carbons (Fsp3) is 0.185. The molecule has 5 aliphatic rings.